The lowest BCUT2D eigenvalue weighted by molar-refractivity contribution is -0.0158. The number of hydrogen-bond donors (Lipinski definition) is 2. The predicted molar refractivity (Wildman–Crippen MR) is 40.8 cm³/mol. The third-order valence-electron chi connectivity index (χ3n) is 0.923. The lowest BCUT2D eigenvalue weighted by Crippen LogP contribution is -2.34. The second kappa shape index (κ2) is 3.91. The number of aliphatic hydroxyl groups is 1. The molecule has 0 radical (unpaired) electrons. The number of aliphatic hydroxyl groups excluding tert-OH is 1. The first kappa shape index (κ1) is 7.98. The molecule has 0 aromatic heterocycles. The van der Waals surface area contributed by atoms with Gasteiger partial charge in [-0.25, -0.2) is 0 Å². The van der Waals surface area contributed by atoms with Gasteiger partial charge in [0.25, 0.3) is 0 Å². The number of hydrogen-bond acceptors (Lipinski definition) is 3. The van der Waals surface area contributed by atoms with Gasteiger partial charge in [0, 0.05) is 1.37 Å². The van der Waals surface area contributed by atoms with E-state index in [-0.39, 0.29) is 19.5 Å². The van der Waals surface area contributed by atoms with Crippen molar-refractivity contribution in [1.29, 1.82) is 0 Å². The Morgan fingerprint density at radius 1 is 1.80 bits per heavy atom. The standard InChI is InChI=1S/C7H17NO2/c1-7(2,3)10-5-6(8)4-9/h6,9H,4-5,8H2,1-3H3/t6-/m1/s1/i1D. The summed E-state index contributed by atoms with van der Waals surface area (Å²) >= 11 is 0. The summed E-state index contributed by atoms with van der Waals surface area (Å²) in [6.45, 7) is 4.08. The quantitative estimate of drug-likeness (QED) is 0.597. The van der Waals surface area contributed by atoms with Crippen LogP contribution in [0.25, 0.3) is 0 Å². The average Bonchev–Trinajstić information content (AvgIpc) is 2.00. The van der Waals surface area contributed by atoms with E-state index in [4.69, 9.17) is 16.9 Å². The lowest BCUT2D eigenvalue weighted by atomic mass is 10.2. The molecule has 0 heterocycles. The molecule has 0 spiro atoms. The molecule has 3 heteroatoms. The molecule has 3 nitrogen and oxygen atoms in total. The normalized spacial score (nSPS) is 16.6. The Bertz CT molecular complexity index is 109. The van der Waals surface area contributed by atoms with Crippen molar-refractivity contribution in [1.82, 2.24) is 0 Å². The van der Waals surface area contributed by atoms with Crippen LogP contribution in [0.3, 0.4) is 0 Å². The van der Waals surface area contributed by atoms with Crippen LogP contribution in [0.4, 0.5) is 0 Å². The van der Waals surface area contributed by atoms with Crippen LogP contribution >= 0.6 is 0 Å². The van der Waals surface area contributed by atoms with Crippen LogP contribution in [0.2, 0.25) is 0 Å². The van der Waals surface area contributed by atoms with Gasteiger partial charge < -0.3 is 15.6 Å². The zero-order chi connectivity index (χ0) is 8.91. The third-order valence-corrected chi connectivity index (χ3v) is 0.923. The number of rotatable bonds is 3. The fourth-order valence-corrected chi connectivity index (χ4v) is 0.385. The maximum absolute atomic E-state index is 8.55. The highest BCUT2D eigenvalue weighted by molar-refractivity contribution is 4.63. The molecule has 0 rings (SSSR count). The highest BCUT2D eigenvalue weighted by Gasteiger charge is 2.11. The summed E-state index contributed by atoms with van der Waals surface area (Å²) in [7, 11) is 0. The average molecular weight is 148 g/mol. The number of nitrogens with two attached hydrogens (primary N) is 1. The minimum absolute atomic E-state index is 0.0753. The van der Waals surface area contributed by atoms with E-state index in [1.54, 1.807) is 0 Å². The van der Waals surface area contributed by atoms with Gasteiger partial charge >= 0.3 is 0 Å². The molecule has 62 valence electrons. The first-order valence-electron chi connectivity index (χ1n) is 4.02. The molecule has 1 atom stereocenters. The smallest absolute Gasteiger partial charge is 0.0647 e. The van der Waals surface area contributed by atoms with E-state index in [1.165, 1.54) is 0 Å². The predicted octanol–water partition coefficient (Wildman–Crippen LogP) is 0.121. The Kier molecular flexibility index (Phi) is 3.12. The summed E-state index contributed by atoms with van der Waals surface area (Å²) < 4.78 is 12.3. The van der Waals surface area contributed by atoms with Gasteiger partial charge in [-0.2, -0.15) is 0 Å². The maximum Gasteiger partial charge on any atom is 0.0647 e. The van der Waals surface area contributed by atoms with E-state index >= 15 is 0 Å². The van der Waals surface area contributed by atoms with Crippen molar-refractivity contribution in [2.75, 3.05) is 13.2 Å². The molecule has 0 unspecified atom stereocenters. The van der Waals surface area contributed by atoms with Gasteiger partial charge in [-0.15, -0.1) is 0 Å². The fourth-order valence-electron chi connectivity index (χ4n) is 0.385. The molecule has 3 N–H and O–H groups in total. The van der Waals surface area contributed by atoms with Crippen LogP contribution in [0, 0.1) is 0 Å². The van der Waals surface area contributed by atoms with Crippen molar-refractivity contribution in [2.24, 2.45) is 5.73 Å². The van der Waals surface area contributed by atoms with E-state index in [2.05, 4.69) is 0 Å². The van der Waals surface area contributed by atoms with Crippen LogP contribution in [0.1, 0.15) is 22.1 Å². The molecular formula is C7H17NO2. The van der Waals surface area contributed by atoms with Crippen LogP contribution in [-0.4, -0.2) is 30.0 Å². The van der Waals surface area contributed by atoms with Crippen LogP contribution < -0.4 is 5.73 Å². The van der Waals surface area contributed by atoms with Crippen molar-refractivity contribution in [3.63, 3.8) is 0 Å². The minimum Gasteiger partial charge on any atom is -0.395 e. The first-order valence-corrected chi connectivity index (χ1v) is 3.31. The Morgan fingerprint density at radius 3 is 2.80 bits per heavy atom. The first-order chi connectivity index (χ1) is 5.02. The van der Waals surface area contributed by atoms with Gasteiger partial charge in [0.15, 0.2) is 0 Å². The van der Waals surface area contributed by atoms with Crippen molar-refractivity contribution in [3.05, 3.63) is 0 Å². The second-order valence-corrected chi connectivity index (χ2v) is 3.01. The summed E-state index contributed by atoms with van der Waals surface area (Å²) in [6, 6.07) is -0.333. The lowest BCUT2D eigenvalue weighted by Gasteiger charge is -2.21. The molecule has 0 saturated heterocycles. The molecule has 0 fully saturated rings. The molecular weight excluding hydrogens is 130 g/mol. The van der Waals surface area contributed by atoms with E-state index in [9.17, 15) is 0 Å². The van der Waals surface area contributed by atoms with Crippen molar-refractivity contribution < 1.29 is 11.2 Å². The summed E-state index contributed by atoms with van der Waals surface area (Å²) in [5.74, 6) is 0. The van der Waals surface area contributed by atoms with Crippen molar-refractivity contribution in [2.45, 2.75) is 32.4 Å². The Balaban J connectivity index is 3.52. The molecule has 0 aliphatic rings. The van der Waals surface area contributed by atoms with E-state index in [0.717, 1.165) is 0 Å². The highest BCUT2D eigenvalue weighted by Crippen LogP contribution is 2.05. The Labute approximate surface area is 63.6 Å². The molecule has 0 aliphatic carbocycles. The maximum atomic E-state index is 8.55. The van der Waals surface area contributed by atoms with Gasteiger partial charge in [-0.1, -0.05) is 0 Å². The molecule has 0 bridgehead atoms. The molecule has 0 aromatic carbocycles. The zero-order valence-corrected chi connectivity index (χ0v) is 6.63. The molecule has 0 aliphatic heterocycles. The minimum atomic E-state index is -0.452. The van der Waals surface area contributed by atoms with Gasteiger partial charge in [0.05, 0.1) is 24.9 Å². The largest absolute Gasteiger partial charge is 0.395 e. The van der Waals surface area contributed by atoms with Crippen molar-refractivity contribution >= 4 is 0 Å². The summed E-state index contributed by atoms with van der Waals surface area (Å²) in [6.07, 6.45) is 0. The Hall–Kier alpha value is -0.120. The highest BCUT2D eigenvalue weighted by atomic mass is 16.5. The molecule has 0 saturated carbocycles. The fraction of sp³-hybridized carbons (Fsp3) is 1.00. The summed E-state index contributed by atoms with van der Waals surface area (Å²) in [5, 5.41) is 8.55. The van der Waals surface area contributed by atoms with Gasteiger partial charge in [0.2, 0.25) is 0 Å². The van der Waals surface area contributed by atoms with Gasteiger partial charge in [-0.05, 0) is 20.7 Å². The topological polar surface area (TPSA) is 55.5 Å². The zero-order valence-electron chi connectivity index (χ0n) is 7.63. The molecule has 0 amide bonds. The van der Waals surface area contributed by atoms with Gasteiger partial charge in [-0.3, -0.25) is 0 Å². The molecule has 0 aromatic rings. The van der Waals surface area contributed by atoms with Crippen LogP contribution in [-0.2, 0) is 4.74 Å². The van der Waals surface area contributed by atoms with Gasteiger partial charge in [0.1, 0.15) is 0 Å². The third kappa shape index (κ3) is 6.01. The monoisotopic (exact) mass is 148 g/mol. The van der Waals surface area contributed by atoms with Crippen molar-refractivity contribution in [3.8, 4) is 0 Å². The van der Waals surface area contributed by atoms with Crippen LogP contribution in [0.5, 0.6) is 0 Å². The Morgan fingerprint density at radius 2 is 2.40 bits per heavy atom. The number of ether oxygens (including phenoxy) is 1. The van der Waals surface area contributed by atoms with Crippen LogP contribution in [0.15, 0.2) is 0 Å². The SMILES string of the molecule is [2H]CC(C)(C)OC[C@H](N)CO. The second-order valence-electron chi connectivity index (χ2n) is 3.01. The van der Waals surface area contributed by atoms with E-state index in [1.807, 2.05) is 13.8 Å². The molecule has 10 heavy (non-hydrogen) atoms. The van der Waals surface area contributed by atoms with E-state index < -0.39 is 5.60 Å². The van der Waals surface area contributed by atoms with E-state index in [0.29, 0.717) is 6.61 Å². The summed E-state index contributed by atoms with van der Waals surface area (Å²) in [5.41, 5.74) is 4.95. The summed E-state index contributed by atoms with van der Waals surface area (Å²) in [4.78, 5) is 0.